The fourth-order valence-corrected chi connectivity index (χ4v) is 7.39. The van der Waals surface area contributed by atoms with Gasteiger partial charge in [0.15, 0.2) is 0 Å². The molecule has 226 valence electrons. The molecule has 3 aliphatic heterocycles. The number of hydrogen-bond donors (Lipinski definition) is 1. The number of rotatable bonds is 7. The smallest absolute Gasteiger partial charge is 0.310 e. The van der Waals surface area contributed by atoms with Crippen LogP contribution in [-0.4, -0.2) is 80.5 Å². The highest BCUT2D eigenvalue weighted by atomic mass is 35.5. The summed E-state index contributed by atoms with van der Waals surface area (Å²) in [6, 6.07) is 3.08. The van der Waals surface area contributed by atoms with Gasteiger partial charge in [0.1, 0.15) is 24.7 Å². The highest BCUT2D eigenvalue weighted by molar-refractivity contribution is 6.31. The summed E-state index contributed by atoms with van der Waals surface area (Å²) in [7, 11) is 0. The number of ether oxygens (including phenoxy) is 2. The molecular weight excluding hydrogens is 562 g/mol. The standard InChI is InChI=1S/C30H38ClN5O6/c1-30(29(39)40)11-4-2-6-20(30)28(38)35-13-10-19-21(31)8-9-25(27(19)24(35)16-34-14-15-41-18-26(34)37)42-17-22-23-7-3-5-12-36(23)33-32-22/h8-9,20,24H,2-7,10-18H2,1H3,(H,39,40)/t20-,24+,30-/m0/s1. The zero-order valence-electron chi connectivity index (χ0n) is 24.0. The number of benzene rings is 1. The van der Waals surface area contributed by atoms with Crippen molar-refractivity contribution in [1.82, 2.24) is 24.8 Å². The molecule has 11 nitrogen and oxygen atoms in total. The average Bonchev–Trinajstić information content (AvgIpc) is 3.41. The number of morpholine rings is 1. The van der Waals surface area contributed by atoms with Gasteiger partial charge in [-0.25, -0.2) is 4.68 Å². The van der Waals surface area contributed by atoms with Gasteiger partial charge in [-0.1, -0.05) is 29.7 Å². The second-order valence-electron chi connectivity index (χ2n) is 12.1. The van der Waals surface area contributed by atoms with E-state index < -0.39 is 23.3 Å². The van der Waals surface area contributed by atoms with E-state index in [4.69, 9.17) is 21.1 Å². The maximum absolute atomic E-state index is 14.4. The Bertz CT molecular complexity index is 1380. The Kier molecular flexibility index (Phi) is 8.15. The summed E-state index contributed by atoms with van der Waals surface area (Å²) in [6.07, 6.45) is 6.13. The molecule has 1 N–H and O–H groups in total. The SMILES string of the molecule is C[C@]1(C(=O)O)CCCC[C@H]1C(=O)N1CCc2c(Cl)ccc(OCc3nnn4c3CCCC4)c2[C@H]1CN1CCOCC1=O. The predicted molar refractivity (Wildman–Crippen MR) is 152 cm³/mol. The van der Waals surface area contributed by atoms with Crippen LogP contribution in [0.25, 0.3) is 0 Å². The van der Waals surface area contributed by atoms with Crippen LogP contribution in [0, 0.1) is 11.3 Å². The van der Waals surface area contributed by atoms with E-state index in [9.17, 15) is 19.5 Å². The number of aromatic nitrogens is 3. The molecule has 0 spiro atoms. The Morgan fingerprint density at radius 1 is 1.17 bits per heavy atom. The Hall–Kier alpha value is -3.18. The van der Waals surface area contributed by atoms with Crippen LogP contribution in [-0.2, 0) is 45.1 Å². The molecule has 1 saturated carbocycles. The molecular formula is C30H38ClN5O6. The van der Waals surface area contributed by atoms with E-state index in [1.54, 1.807) is 16.7 Å². The lowest BCUT2D eigenvalue weighted by molar-refractivity contribution is -0.163. The zero-order chi connectivity index (χ0) is 29.4. The van der Waals surface area contributed by atoms with E-state index >= 15 is 0 Å². The van der Waals surface area contributed by atoms with Crippen molar-refractivity contribution in [3.63, 3.8) is 0 Å². The lowest BCUT2D eigenvalue weighted by Gasteiger charge is -2.45. The van der Waals surface area contributed by atoms with E-state index in [1.165, 1.54) is 0 Å². The predicted octanol–water partition coefficient (Wildman–Crippen LogP) is 3.41. The van der Waals surface area contributed by atoms with Crippen LogP contribution in [0.5, 0.6) is 5.75 Å². The molecule has 1 saturated heterocycles. The first-order chi connectivity index (χ1) is 20.3. The van der Waals surface area contributed by atoms with E-state index in [0.717, 1.165) is 61.2 Å². The monoisotopic (exact) mass is 599 g/mol. The quantitative estimate of drug-likeness (QED) is 0.513. The first-order valence-corrected chi connectivity index (χ1v) is 15.4. The van der Waals surface area contributed by atoms with Gasteiger partial charge in [-0.3, -0.25) is 14.4 Å². The number of halogens is 1. The molecule has 42 heavy (non-hydrogen) atoms. The molecule has 1 aliphatic carbocycles. The van der Waals surface area contributed by atoms with Gasteiger partial charge >= 0.3 is 5.97 Å². The molecule has 2 amide bonds. The van der Waals surface area contributed by atoms with Crippen molar-refractivity contribution < 1.29 is 29.0 Å². The molecule has 0 unspecified atom stereocenters. The minimum atomic E-state index is -1.14. The highest BCUT2D eigenvalue weighted by Crippen LogP contribution is 2.46. The molecule has 1 aromatic heterocycles. The van der Waals surface area contributed by atoms with E-state index in [-0.39, 0.29) is 31.6 Å². The summed E-state index contributed by atoms with van der Waals surface area (Å²) in [5.41, 5.74) is 2.40. The van der Waals surface area contributed by atoms with Crippen LogP contribution in [0.15, 0.2) is 12.1 Å². The topological polar surface area (TPSA) is 127 Å². The summed E-state index contributed by atoms with van der Waals surface area (Å²) in [5.74, 6) is -1.34. The van der Waals surface area contributed by atoms with Crippen molar-refractivity contribution in [1.29, 1.82) is 0 Å². The van der Waals surface area contributed by atoms with Crippen LogP contribution in [0.4, 0.5) is 0 Å². The van der Waals surface area contributed by atoms with Crippen molar-refractivity contribution in [2.45, 2.75) is 77.5 Å². The van der Waals surface area contributed by atoms with Crippen molar-refractivity contribution in [3.05, 3.63) is 39.7 Å². The number of amides is 2. The van der Waals surface area contributed by atoms with Crippen molar-refractivity contribution >= 4 is 29.4 Å². The zero-order valence-corrected chi connectivity index (χ0v) is 24.8. The van der Waals surface area contributed by atoms with Gasteiger partial charge in [0.25, 0.3) is 0 Å². The number of hydrogen-bond acceptors (Lipinski definition) is 7. The molecule has 6 rings (SSSR count). The molecule has 0 radical (unpaired) electrons. The van der Waals surface area contributed by atoms with Gasteiger partial charge in [0, 0.05) is 36.8 Å². The van der Waals surface area contributed by atoms with Gasteiger partial charge in [0.05, 0.1) is 29.7 Å². The normalized spacial score (nSPS) is 26.0. The second kappa shape index (κ2) is 11.8. The molecule has 0 bridgehead atoms. The van der Waals surface area contributed by atoms with Crippen molar-refractivity contribution in [2.75, 3.05) is 32.8 Å². The first-order valence-electron chi connectivity index (χ1n) is 15.0. The summed E-state index contributed by atoms with van der Waals surface area (Å²) < 4.78 is 13.7. The Morgan fingerprint density at radius 2 is 2.02 bits per heavy atom. The number of aryl methyl sites for hydroxylation is 1. The molecule has 3 atom stereocenters. The maximum Gasteiger partial charge on any atom is 0.310 e. The Balaban J connectivity index is 1.36. The van der Waals surface area contributed by atoms with Gasteiger partial charge in [-0.15, -0.1) is 5.10 Å². The number of carboxylic acid groups (broad SMARTS) is 1. The first kappa shape index (κ1) is 28.9. The number of carbonyl (C=O) groups excluding carboxylic acids is 2. The van der Waals surface area contributed by atoms with Crippen LogP contribution < -0.4 is 4.74 Å². The van der Waals surface area contributed by atoms with Crippen molar-refractivity contribution in [2.24, 2.45) is 11.3 Å². The number of fused-ring (bicyclic) bond motifs is 2. The second-order valence-corrected chi connectivity index (χ2v) is 12.5. The lowest BCUT2D eigenvalue weighted by Crippen LogP contribution is -2.54. The number of carbonyl (C=O) groups is 3. The number of aliphatic carboxylic acids is 1. The Labute approximate surface area is 250 Å². The van der Waals surface area contributed by atoms with Crippen LogP contribution in [0.3, 0.4) is 0 Å². The van der Waals surface area contributed by atoms with Gasteiger partial charge in [-0.2, -0.15) is 0 Å². The van der Waals surface area contributed by atoms with E-state index in [0.29, 0.717) is 49.7 Å². The van der Waals surface area contributed by atoms with Gasteiger partial charge < -0.3 is 24.4 Å². The average molecular weight is 600 g/mol. The molecule has 2 aromatic rings. The third kappa shape index (κ3) is 5.25. The van der Waals surface area contributed by atoms with E-state index in [2.05, 4.69) is 10.3 Å². The minimum Gasteiger partial charge on any atom is -0.487 e. The summed E-state index contributed by atoms with van der Waals surface area (Å²) in [6.45, 7) is 4.20. The maximum atomic E-state index is 14.4. The molecule has 2 fully saturated rings. The molecule has 12 heteroatoms. The van der Waals surface area contributed by atoms with E-state index in [1.807, 2.05) is 16.8 Å². The van der Waals surface area contributed by atoms with Crippen LogP contribution in [0.2, 0.25) is 5.02 Å². The molecule has 4 aliphatic rings. The number of nitrogens with zero attached hydrogens (tertiary/aromatic N) is 5. The third-order valence-electron chi connectivity index (χ3n) is 9.64. The fourth-order valence-electron chi connectivity index (χ4n) is 7.13. The van der Waals surface area contributed by atoms with Crippen molar-refractivity contribution in [3.8, 4) is 5.75 Å². The van der Waals surface area contributed by atoms with Gasteiger partial charge in [0.2, 0.25) is 11.8 Å². The molecule has 1 aromatic carbocycles. The minimum absolute atomic E-state index is 0.00935. The number of carboxylic acids is 1. The summed E-state index contributed by atoms with van der Waals surface area (Å²) >= 11 is 6.75. The largest absolute Gasteiger partial charge is 0.487 e. The summed E-state index contributed by atoms with van der Waals surface area (Å²) in [4.78, 5) is 43.2. The fraction of sp³-hybridized carbons (Fsp3) is 0.633. The van der Waals surface area contributed by atoms with Gasteiger partial charge in [-0.05, 0) is 63.1 Å². The Morgan fingerprint density at radius 3 is 2.83 bits per heavy atom. The summed E-state index contributed by atoms with van der Waals surface area (Å²) in [5, 5.41) is 19.4. The lowest BCUT2D eigenvalue weighted by atomic mass is 9.66. The third-order valence-corrected chi connectivity index (χ3v) is 10.00. The molecule has 4 heterocycles. The van der Waals surface area contributed by atoms with Crippen LogP contribution in [0.1, 0.15) is 74.0 Å². The highest BCUT2D eigenvalue weighted by Gasteiger charge is 2.50. The van der Waals surface area contributed by atoms with Crippen LogP contribution >= 0.6 is 11.6 Å².